The SMILES string of the molecule is Br.Br.Br.Br.N=C(N)SCc1cccc(CSC(=N)N)c1-c1c(CSC(=N)N)cccc1CSC(=N)N. The third kappa shape index (κ3) is 13.4. The molecule has 0 radical (unpaired) electrons. The number of rotatable bonds is 9. The maximum atomic E-state index is 7.63. The highest BCUT2D eigenvalue weighted by Gasteiger charge is 2.19. The predicted octanol–water partition coefficient (Wildman–Crippen LogP) is 6.17. The summed E-state index contributed by atoms with van der Waals surface area (Å²) in [5, 5.41) is 30.7. The maximum Gasteiger partial charge on any atom is 0.151 e. The monoisotopic (exact) mass is 826 g/mol. The van der Waals surface area contributed by atoms with Crippen LogP contribution in [0, 0.1) is 21.6 Å². The van der Waals surface area contributed by atoms with Gasteiger partial charge in [0, 0.05) is 23.0 Å². The van der Waals surface area contributed by atoms with E-state index in [1.165, 1.54) is 47.0 Å². The van der Waals surface area contributed by atoms with Crippen molar-refractivity contribution in [1.82, 2.24) is 0 Å². The summed E-state index contributed by atoms with van der Waals surface area (Å²) in [4.78, 5) is 0. The van der Waals surface area contributed by atoms with Crippen LogP contribution in [0.4, 0.5) is 0 Å². The van der Waals surface area contributed by atoms with E-state index in [2.05, 4.69) is 0 Å². The standard InChI is InChI=1S/C20H26N8S4.4BrH/c21-17(22)29-7-11-3-1-4-12(8-30-18(23)24)15(11)16-13(9-31-19(25)26)5-2-6-14(16)10-32-20(27)28;;;;/h1-6H,7-10H2,(H3,21,22)(H3,23,24)(H3,25,26)(H3,27,28);4*1H. The fourth-order valence-corrected chi connectivity index (χ4v) is 5.26. The van der Waals surface area contributed by atoms with Crippen molar-refractivity contribution in [3.63, 3.8) is 0 Å². The van der Waals surface area contributed by atoms with Gasteiger partial charge < -0.3 is 22.9 Å². The maximum absolute atomic E-state index is 7.63. The van der Waals surface area contributed by atoms with Crippen molar-refractivity contribution in [2.45, 2.75) is 23.0 Å². The number of benzene rings is 2. The third-order valence-corrected chi connectivity index (χ3v) is 7.32. The second-order valence-electron chi connectivity index (χ2n) is 6.51. The van der Waals surface area contributed by atoms with Gasteiger partial charge in [-0.2, -0.15) is 0 Å². The molecular weight excluding hydrogens is 800 g/mol. The van der Waals surface area contributed by atoms with Crippen molar-refractivity contribution >= 4 is 136 Å². The van der Waals surface area contributed by atoms with E-state index >= 15 is 0 Å². The van der Waals surface area contributed by atoms with Gasteiger partial charge in [0.05, 0.1) is 0 Å². The molecule has 36 heavy (non-hydrogen) atoms. The first kappa shape index (κ1) is 40.1. The molecular formula is C20H30Br4N8S4. The largest absolute Gasteiger partial charge is 0.379 e. The molecule has 0 aliphatic heterocycles. The Balaban J connectivity index is -0.00000272. The van der Waals surface area contributed by atoms with Gasteiger partial charge in [0.1, 0.15) is 0 Å². The summed E-state index contributed by atoms with van der Waals surface area (Å²) in [7, 11) is 0. The van der Waals surface area contributed by atoms with Gasteiger partial charge in [-0.3, -0.25) is 21.6 Å². The van der Waals surface area contributed by atoms with Gasteiger partial charge in [0.2, 0.25) is 0 Å². The average Bonchev–Trinajstić information content (AvgIpc) is 2.73. The predicted molar refractivity (Wildman–Crippen MR) is 186 cm³/mol. The van der Waals surface area contributed by atoms with Crippen molar-refractivity contribution < 1.29 is 0 Å². The van der Waals surface area contributed by atoms with Crippen LogP contribution in [-0.4, -0.2) is 20.7 Å². The average molecular weight is 830 g/mol. The van der Waals surface area contributed by atoms with E-state index in [4.69, 9.17) is 44.6 Å². The Morgan fingerprint density at radius 2 is 0.667 bits per heavy atom. The van der Waals surface area contributed by atoms with Gasteiger partial charge in [-0.25, -0.2) is 0 Å². The molecule has 0 saturated carbocycles. The van der Waals surface area contributed by atoms with Crippen molar-refractivity contribution in [1.29, 1.82) is 21.6 Å². The molecule has 0 aliphatic carbocycles. The van der Waals surface area contributed by atoms with Crippen LogP contribution < -0.4 is 22.9 Å². The summed E-state index contributed by atoms with van der Waals surface area (Å²) < 4.78 is 0. The molecule has 0 amide bonds. The highest BCUT2D eigenvalue weighted by atomic mass is 79.9. The highest BCUT2D eigenvalue weighted by Crippen LogP contribution is 2.39. The number of halogens is 4. The molecule has 8 nitrogen and oxygen atoms in total. The molecule has 0 unspecified atom stereocenters. The Bertz CT molecular complexity index is 889. The number of thioether (sulfide) groups is 4. The summed E-state index contributed by atoms with van der Waals surface area (Å²) in [5.41, 5.74) is 28.4. The minimum atomic E-state index is 0. The summed E-state index contributed by atoms with van der Waals surface area (Å²) in [5.74, 6) is 2.04. The van der Waals surface area contributed by atoms with Crippen molar-refractivity contribution in [2.24, 2.45) is 22.9 Å². The zero-order chi connectivity index (χ0) is 23.7. The zero-order valence-corrected chi connectivity index (χ0v) is 29.0. The summed E-state index contributed by atoms with van der Waals surface area (Å²) in [6.07, 6.45) is 0. The highest BCUT2D eigenvalue weighted by molar-refractivity contribution is 8.93. The minimum Gasteiger partial charge on any atom is -0.379 e. The molecule has 0 heterocycles. The minimum absolute atomic E-state index is 0. The first-order chi connectivity index (χ1) is 15.2. The number of nitrogens with two attached hydrogens (primary N) is 4. The fraction of sp³-hybridized carbons (Fsp3) is 0.200. The van der Waals surface area contributed by atoms with E-state index in [-0.39, 0.29) is 88.6 Å². The molecule has 2 rings (SSSR count). The van der Waals surface area contributed by atoms with E-state index in [0.717, 1.165) is 33.4 Å². The molecule has 0 bridgehead atoms. The lowest BCUT2D eigenvalue weighted by Crippen LogP contribution is -2.09. The second-order valence-corrected chi connectivity index (χ2v) is 10.6. The first-order valence-electron chi connectivity index (χ1n) is 9.28. The molecule has 202 valence electrons. The zero-order valence-electron chi connectivity index (χ0n) is 18.9. The molecule has 0 atom stereocenters. The number of nitrogens with one attached hydrogen (secondary N) is 4. The van der Waals surface area contributed by atoms with Crippen LogP contribution in [0.1, 0.15) is 22.3 Å². The van der Waals surface area contributed by atoms with Crippen molar-refractivity contribution in [3.8, 4) is 11.1 Å². The van der Waals surface area contributed by atoms with Crippen LogP contribution in [0.25, 0.3) is 11.1 Å². The second kappa shape index (κ2) is 20.6. The quantitative estimate of drug-likeness (QED) is 0.108. The Hall–Kier alpha value is -0.360. The van der Waals surface area contributed by atoms with Crippen LogP contribution in [0.5, 0.6) is 0 Å². The molecule has 12 N–H and O–H groups in total. The number of amidine groups is 4. The van der Waals surface area contributed by atoms with E-state index in [0.29, 0.717) is 23.0 Å². The molecule has 0 aromatic heterocycles. The summed E-state index contributed by atoms with van der Waals surface area (Å²) in [6, 6.07) is 11.9. The lowest BCUT2D eigenvalue weighted by Gasteiger charge is -2.21. The van der Waals surface area contributed by atoms with Crippen molar-refractivity contribution in [3.05, 3.63) is 58.7 Å². The lowest BCUT2D eigenvalue weighted by molar-refractivity contribution is 1.27. The van der Waals surface area contributed by atoms with Gasteiger partial charge >= 0.3 is 0 Å². The van der Waals surface area contributed by atoms with Crippen molar-refractivity contribution in [2.75, 3.05) is 0 Å². The van der Waals surface area contributed by atoms with Crippen LogP contribution >= 0.6 is 115 Å². The third-order valence-electron chi connectivity index (χ3n) is 4.26. The number of hydrogen-bond acceptors (Lipinski definition) is 8. The lowest BCUT2D eigenvalue weighted by atomic mass is 9.89. The van der Waals surface area contributed by atoms with Gasteiger partial charge in [-0.1, -0.05) is 83.4 Å². The smallest absolute Gasteiger partial charge is 0.151 e. The summed E-state index contributed by atoms with van der Waals surface area (Å²) >= 11 is 4.97. The molecule has 0 spiro atoms. The summed E-state index contributed by atoms with van der Waals surface area (Å²) in [6.45, 7) is 0. The van der Waals surface area contributed by atoms with E-state index in [1.54, 1.807) is 0 Å². The molecule has 0 fully saturated rings. The van der Waals surface area contributed by atoms with Crippen LogP contribution in [-0.2, 0) is 23.0 Å². The van der Waals surface area contributed by atoms with Crippen LogP contribution in [0.3, 0.4) is 0 Å². The Kier molecular flexibility index (Phi) is 23.0. The molecule has 2 aromatic rings. The Morgan fingerprint density at radius 1 is 0.472 bits per heavy atom. The van der Waals surface area contributed by atoms with Crippen LogP contribution in [0.15, 0.2) is 36.4 Å². The van der Waals surface area contributed by atoms with Gasteiger partial charge in [0.25, 0.3) is 0 Å². The van der Waals surface area contributed by atoms with E-state index in [1.807, 2.05) is 36.4 Å². The molecule has 2 aromatic carbocycles. The van der Waals surface area contributed by atoms with Crippen LogP contribution in [0.2, 0.25) is 0 Å². The number of hydrogen-bond donors (Lipinski definition) is 8. The molecule has 0 aliphatic rings. The molecule has 16 heteroatoms. The first-order valence-corrected chi connectivity index (χ1v) is 13.2. The fourth-order valence-electron chi connectivity index (χ4n) is 3.05. The topological polar surface area (TPSA) is 199 Å². The van der Waals surface area contributed by atoms with Gasteiger partial charge in [0.15, 0.2) is 20.7 Å². The Morgan fingerprint density at radius 3 is 0.833 bits per heavy atom. The molecule has 0 saturated heterocycles. The van der Waals surface area contributed by atoms with E-state index in [9.17, 15) is 0 Å². The normalized spacial score (nSPS) is 9.44. The Labute approximate surface area is 270 Å². The van der Waals surface area contributed by atoms with Gasteiger partial charge in [-0.15, -0.1) is 67.9 Å². The van der Waals surface area contributed by atoms with Gasteiger partial charge in [-0.05, 0) is 33.4 Å². The van der Waals surface area contributed by atoms with E-state index < -0.39 is 0 Å².